The second-order valence-electron chi connectivity index (χ2n) is 5.83. The number of amides is 2. The van der Waals surface area contributed by atoms with Crippen LogP contribution in [0.1, 0.15) is 45.4 Å². The van der Waals surface area contributed by atoms with Crippen LogP contribution in [-0.2, 0) is 14.3 Å². The molecule has 0 saturated carbocycles. The molecule has 2 amide bonds. The fourth-order valence-electron chi connectivity index (χ4n) is 2.92. The van der Waals surface area contributed by atoms with Gasteiger partial charge in [0, 0.05) is 33.2 Å². The molecule has 0 aromatic carbocycles. The molecule has 1 unspecified atom stereocenters. The molecule has 2 heterocycles. The summed E-state index contributed by atoms with van der Waals surface area (Å²) in [6, 6.07) is 0. The van der Waals surface area contributed by atoms with Crippen LogP contribution in [0.4, 0.5) is 0 Å². The molecule has 5 nitrogen and oxygen atoms in total. The highest BCUT2D eigenvalue weighted by molar-refractivity contribution is 5.83. The number of hydrogen-bond donors (Lipinski definition) is 0. The van der Waals surface area contributed by atoms with E-state index in [1.54, 1.807) is 4.90 Å². The number of hydrogen-bond acceptors (Lipinski definition) is 3. The summed E-state index contributed by atoms with van der Waals surface area (Å²) in [4.78, 5) is 27.6. The summed E-state index contributed by atoms with van der Waals surface area (Å²) >= 11 is 0. The maximum Gasteiger partial charge on any atom is 0.242 e. The van der Waals surface area contributed by atoms with Gasteiger partial charge in [0.25, 0.3) is 0 Å². The lowest BCUT2D eigenvalue weighted by Gasteiger charge is -2.27. The fourth-order valence-corrected chi connectivity index (χ4v) is 2.92. The molecule has 2 fully saturated rings. The van der Waals surface area contributed by atoms with Gasteiger partial charge in [-0.3, -0.25) is 9.59 Å². The van der Waals surface area contributed by atoms with Gasteiger partial charge >= 0.3 is 0 Å². The lowest BCUT2D eigenvalue weighted by Crippen LogP contribution is -2.45. The van der Waals surface area contributed by atoms with Gasteiger partial charge in [-0.2, -0.15) is 0 Å². The summed E-state index contributed by atoms with van der Waals surface area (Å²) in [6.45, 7) is 4.74. The molecule has 0 N–H and O–H groups in total. The monoisotopic (exact) mass is 282 g/mol. The Hall–Kier alpha value is -1.10. The van der Waals surface area contributed by atoms with Gasteiger partial charge in [-0.05, 0) is 25.7 Å². The van der Waals surface area contributed by atoms with E-state index in [0.717, 1.165) is 45.4 Å². The van der Waals surface area contributed by atoms with Gasteiger partial charge in [-0.15, -0.1) is 0 Å². The fraction of sp³-hybridized carbons (Fsp3) is 0.867. The van der Waals surface area contributed by atoms with Gasteiger partial charge in [-0.1, -0.05) is 12.8 Å². The zero-order chi connectivity index (χ0) is 14.4. The number of nitrogens with zero attached hydrogens (tertiary/aromatic N) is 2. The normalized spacial score (nSPS) is 23.4. The third-order valence-corrected chi connectivity index (χ3v) is 4.18. The predicted octanol–water partition coefficient (Wildman–Crippen LogP) is 1.42. The number of carbonyl (C=O) groups is 2. The highest BCUT2D eigenvalue weighted by Crippen LogP contribution is 2.14. The first-order valence-corrected chi connectivity index (χ1v) is 7.81. The molecule has 0 aromatic rings. The zero-order valence-electron chi connectivity index (χ0n) is 12.5. The van der Waals surface area contributed by atoms with Crippen molar-refractivity contribution in [2.75, 3.05) is 32.8 Å². The van der Waals surface area contributed by atoms with Crippen molar-refractivity contribution in [2.24, 2.45) is 0 Å². The lowest BCUT2D eigenvalue weighted by atomic mass is 10.2. The summed E-state index contributed by atoms with van der Waals surface area (Å²) in [5.41, 5.74) is 0. The Morgan fingerprint density at radius 2 is 1.85 bits per heavy atom. The van der Waals surface area contributed by atoms with E-state index in [9.17, 15) is 9.59 Å². The average Bonchev–Trinajstić information content (AvgIpc) is 2.77. The van der Waals surface area contributed by atoms with E-state index in [1.165, 1.54) is 19.8 Å². The van der Waals surface area contributed by atoms with Crippen molar-refractivity contribution in [1.82, 2.24) is 9.80 Å². The van der Waals surface area contributed by atoms with E-state index in [2.05, 4.69) is 0 Å². The van der Waals surface area contributed by atoms with Crippen molar-refractivity contribution in [1.29, 1.82) is 0 Å². The van der Waals surface area contributed by atoms with Crippen molar-refractivity contribution < 1.29 is 14.3 Å². The third-order valence-electron chi connectivity index (χ3n) is 4.18. The van der Waals surface area contributed by atoms with Crippen molar-refractivity contribution in [3.8, 4) is 0 Å². The number of ether oxygens (including phenoxy) is 1. The highest BCUT2D eigenvalue weighted by atomic mass is 16.5. The maximum atomic E-state index is 12.3. The molecule has 0 aromatic heterocycles. The quantitative estimate of drug-likeness (QED) is 0.783. The van der Waals surface area contributed by atoms with Gasteiger partial charge in [0.05, 0.1) is 12.6 Å². The molecule has 5 heteroatoms. The molecule has 0 radical (unpaired) electrons. The molecule has 2 saturated heterocycles. The second-order valence-corrected chi connectivity index (χ2v) is 5.83. The van der Waals surface area contributed by atoms with Crippen LogP contribution in [0.3, 0.4) is 0 Å². The first kappa shape index (κ1) is 15.3. The van der Waals surface area contributed by atoms with E-state index < -0.39 is 0 Å². The maximum absolute atomic E-state index is 12.3. The van der Waals surface area contributed by atoms with E-state index in [1.807, 2.05) is 4.90 Å². The van der Waals surface area contributed by atoms with Crippen LogP contribution in [0.25, 0.3) is 0 Å². The molecule has 2 rings (SSSR count). The van der Waals surface area contributed by atoms with Gasteiger partial charge in [0.15, 0.2) is 0 Å². The molecule has 20 heavy (non-hydrogen) atoms. The Morgan fingerprint density at radius 3 is 2.40 bits per heavy atom. The first-order valence-electron chi connectivity index (χ1n) is 7.81. The Kier molecular flexibility index (Phi) is 5.83. The van der Waals surface area contributed by atoms with Crippen LogP contribution in [0, 0.1) is 0 Å². The predicted molar refractivity (Wildman–Crippen MR) is 76.3 cm³/mol. The molecule has 1 atom stereocenters. The second kappa shape index (κ2) is 7.62. The van der Waals surface area contributed by atoms with Gasteiger partial charge in [0.1, 0.15) is 0 Å². The summed E-state index contributed by atoms with van der Waals surface area (Å²) in [5, 5.41) is 0. The van der Waals surface area contributed by atoms with Crippen LogP contribution in [-0.4, -0.2) is 60.5 Å². The molecule has 2 aliphatic rings. The number of carbonyl (C=O) groups excluding carboxylic acids is 2. The van der Waals surface area contributed by atoms with Crippen molar-refractivity contribution in [3.63, 3.8) is 0 Å². The van der Waals surface area contributed by atoms with E-state index >= 15 is 0 Å². The zero-order valence-corrected chi connectivity index (χ0v) is 12.5. The van der Waals surface area contributed by atoms with E-state index in [-0.39, 0.29) is 24.5 Å². The standard InChI is InChI=1S/C15H26N2O3/c1-13(18)17(11-14-7-6-10-20-14)12-15(19)16-8-4-2-3-5-9-16/h14H,2-12H2,1H3. The van der Waals surface area contributed by atoms with Crippen molar-refractivity contribution >= 4 is 11.8 Å². The molecule has 0 spiro atoms. The summed E-state index contributed by atoms with van der Waals surface area (Å²) in [7, 11) is 0. The number of likely N-dealkylation sites (tertiary alicyclic amines) is 1. The lowest BCUT2D eigenvalue weighted by molar-refractivity contribution is -0.140. The van der Waals surface area contributed by atoms with Crippen molar-refractivity contribution in [3.05, 3.63) is 0 Å². The van der Waals surface area contributed by atoms with E-state index in [4.69, 9.17) is 4.74 Å². The largest absolute Gasteiger partial charge is 0.376 e. The summed E-state index contributed by atoms with van der Waals surface area (Å²) < 4.78 is 5.56. The minimum absolute atomic E-state index is 0.0383. The highest BCUT2D eigenvalue weighted by Gasteiger charge is 2.24. The average molecular weight is 282 g/mol. The Morgan fingerprint density at radius 1 is 1.15 bits per heavy atom. The number of rotatable bonds is 4. The smallest absolute Gasteiger partial charge is 0.242 e. The third kappa shape index (κ3) is 4.47. The minimum Gasteiger partial charge on any atom is -0.376 e. The van der Waals surface area contributed by atoms with Gasteiger partial charge in [0.2, 0.25) is 11.8 Å². The molecule has 0 bridgehead atoms. The molecular weight excluding hydrogens is 256 g/mol. The molecular formula is C15H26N2O3. The van der Waals surface area contributed by atoms with Crippen LogP contribution >= 0.6 is 0 Å². The van der Waals surface area contributed by atoms with Crippen LogP contribution in [0.5, 0.6) is 0 Å². The summed E-state index contributed by atoms with van der Waals surface area (Å²) in [6.07, 6.45) is 6.72. The van der Waals surface area contributed by atoms with E-state index in [0.29, 0.717) is 6.54 Å². The minimum atomic E-state index is -0.0383. The molecule has 114 valence electrons. The SMILES string of the molecule is CC(=O)N(CC(=O)N1CCCCCC1)CC1CCCO1. The van der Waals surface area contributed by atoms with Crippen LogP contribution < -0.4 is 0 Å². The Bertz CT molecular complexity index is 332. The van der Waals surface area contributed by atoms with Crippen molar-refractivity contribution in [2.45, 2.75) is 51.6 Å². The first-order chi connectivity index (χ1) is 9.66. The van der Waals surface area contributed by atoms with Gasteiger partial charge < -0.3 is 14.5 Å². The van der Waals surface area contributed by atoms with Crippen LogP contribution in [0.15, 0.2) is 0 Å². The molecule has 0 aliphatic carbocycles. The topological polar surface area (TPSA) is 49.9 Å². The Labute approximate surface area is 121 Å². The summed E-state index contributed by atoms with van der Waals surface area (Å²) in [5.74, 6) is 0.0452. The van der Waals surface area contributed by atoms with Crippen LogP contribution in [0.2, 0.25) is 0 Å². The molecule has 2 aliphatic heterocycles. The van der Waals surface area contributed by atoms with Gasteiger partial charge in [-0.25, -0.2) is 0 Å². The Balaban J connectivity index is 1.85.